The van der Waals surface area contributed by atoms with Crippen LogP contribution in [0.1, 0.15) is 18.4 Å². The molecule has 136 valence electrons. The van der Waals surface area contributed by atoms with Crippen molar-refractivity contribution in [2.45, 2.75) is 19.3 Å². The molecule has 0 bridgehead atoms. The average Bonchev–Trinajstić information content (AvgIpc) is 2.67. The molecule has 5 nitrogen and oxygen atoms in total. The molecule has 3 rings (SSSR count). The first-order valence-electron chi connectivity index (χ1n) is 8.98. The Balaban J connectivity index is 1.65. The Morgan fingerprint density at radius 2 is 1.81 bits per heavy atom. The molecule has 0 spiro atoms. The highest BCUT2D eigenvalue weighted by Crippen LogP contribution is 2.25. The molecule has 1 heterocycles. The predicted molar refractivity (Wildman–Crippen MR) is 105 cm³/mol. The maximum Gasteiger partial charge on any atom is 0.140 e. The van der Waals surface area contributed by atoms with Crippen LogP contribution in [0.5, 0.6) is 0 Å². The molecule has 0 aliphatic carbocycles. The molecular formula is C21H25N3O2. The van der Waals surface area contributed by atoms with E-state index in [9.17, 15) is 4.79 Å². The van der Waals surface area contributed by atoms with Crippen LogP contribution in [0.3, 0.4) is 0 Å². The molecular weight excluding hydrogens is 326 g/mol. The van der Waals surface area contributed by atoms with E-state index in [4.69, 9.17) is 15.9 Å². The Hall–Kier alpha value is -2.66. The second kappa shape index (κ2) is 8.63. The number of benzene rings is 2. The number of amidine groups is 1. The monoisotopic (exact) mass is 351 g/mol. The van der Waals surface area contributed by atoms with Crippen molar-refractivity contribution in [2.24, 2.45) is 5.73 Å². The molecule has 0 amide bonds. The van der Waals surface area contributed by atoms with Gasteiger partial charge in [0.15, 0.2) is 0 Å². The molecule has 1 aliphatic heterocycles. The van der Waals surface area contributed by atoms with E-state index in [0.29, 0.717) is 12.8 Å². The van der Waals surface area contributed by atoms with E-state index in [1.54, 1.807) is 0 Å². The van der Waals surface area contributed by atoms with Gasteiger partial charge in [-0.3, -0.25) is 10.2 Å². The van der Waals surface area contributed by atoms with Gasteiger partial charge in [-0.15, -0.1) is 0 Å². The standard InChI is InChI=1S/C21H25N3O2/c22-21(23)15-20(25)9-4-16-2-1-3-18(14-16)17-5-7-19(8-6-17)24-10-12-26-13-11-24/h1-3,5-8,14H,4,9-13,15H2,(H3,22,23). The zero-order chi connectivity index (χ0) is 18.4. The number of nitrogens with one attached hydrogen (secondary N) is 1. The predicted octanol–water partition coefficient (Wildman–Crippen LogP) is 3.02. The lowest BCUT2D eigenvalue weighted by molar-refractivity contribution is -0.117. The Kier molecular flexibility index (Phi) is 6.02. The highest BCUT2D eigenvalue weighted by Gasteiger charge is 2.11. The number of morpholine rings is 1. The van der Waals surface area contributed by atoms with Crippen molar-refractivity contribution in [3.8, 4) is 11.1 Å². The molecule has 0 unspecified atom stereocenters. The largest absolute Gasteiger partial charge is 0.387 e. The third kappa shape index (κ3) is 4.92. The van der Waals surface area contributed by atoms with E-state index < -0.39 is 0 Å². The summed E-state index contributed by atoms with van der Waals surface area (Å²) in [5.41, 5.74) is 9.94. The van der Waals surface area contributed by atoms with Crippen molar-refractivity contribution in [1.82, 2.24) is 0 Å². The van der Waals surface area contributed by atoms with Crippen molar-refractivity contribution >= 4 is 17.3 Å². The normalized spacial score (nSPS) is 14.2. The minimum Gasteiger partial charge on any atom is -0.387 e. The number of nitrogens with zero attached hydrogens (tertiary/aromatic N) is 1. The Labute approximate surface area is 154 Å². The molecule has 3 N–H and O–H groups in total. The lowest BCUT2D eigenvalue weighted by atomic mass is 9.99. The van der Waals surface area contributed by atoms with Gasteiger partial charge in [0.2, 0.25) is 0 Å². The topological polar surface area (TPSA) is 79.4 Å². The minimum absolute atomic E-state index is 0.0118. The summed E-state index contributed by atoms with van der Waals surface area (Å²) in [4.78, 5) is 14.1. The number of rotatable bonds is 7. The van der Waals surface area contributed by atoms with Crippen molar-refractivity contribution in [3.05, 3.63) is 54.1 Å². The molecule has 1 aliphatic rings. The number of Topliss-reactive ketones (excluding diaryl/α,β-unsaturated/α-hetero) is 1. The van der Waals surface area contributed by atoms with Gasteiger partial charge in [0.05, 0.1) is 25.5 Å². The lowest BCUT2D eigenvalue weighted by Crippen LogP contribution is -2.36. The van der Waals surface area contributed by atoms with Crippen molar-refractivity contribution in [2.75, 3.05) is 31.2 Å². The molecule has 1 fully saturated rings. The summed E-state index contributed by atoms with van der Waals surface area (Å²) in [5.74, 6) is -0.0538. The molecule has 0 atom stereocenters. The smallest absolute Gasteiger partial charge is 0.140 e. The van der Waals surface area contributed by atoms with Crippen LogP contribution >= 0.6 is 0 Å². The van der Waals surface area contributed by atoms with E-state index in [2.05, 4.69) is 41.3 Å². The van der Waals surface area contributed by atoms with Crippen LogP contribution in [0.25, 0.3) is 11.1 Å². The SMILES string of the molecule is N=C(N)CC(=O)CCc1cccc(-c2ccc(N3CCOCC3)cc2)c1. The second-order valence-electron chi connectivity index (χ2n) is 6.59. The minimum atomic E-state index is -0.0656. The number of carbonyl (C=O) groups excluding carboxylic acids is 1. The quantitative estimate of drug-likeness (QED) is 0.594. The summed E-state index contributed by atoms with van der Waals surface area (Å²) in [7, 11) is 0. The highest BCUT2D eigenvalue weighted by atomic mass is 16.5. The van der Waals surface area contributed by atoms with Crippen LogP contribution in [-0.2, 0) is 16.0 Å². The van der Waals surface area contributed by atoms with E-state index >= 15 is 0 Å². The number of nitrogens with two attached hydrogens (primary N) is 1. The van der Waals surface area contributed by atoms with Gasteiger partial charge in [0.1, 0.15) is 5.78 Å². The number of ketones is 1. The Morgan fingerprint density at radius 3 is 2.50 bits per heavy atom. The fraction of sp³-hybridized carbons (Fsp3) is 0.333. The number of ether oxygens (including phenoxy) is 1. The second-order valence-corrected chi connectivity index (χ2v) is 6.59. The zero-order valence-corrected chi connectivity index (χ0v) is 14.9. The molecule has 0 saturated carbocycles. The third-order valence-corrected chi connectivity index (χ3v) is 4.58. The number of anilines is 1. The number of aryl methyl sites for hydroxylation is 1. The van der Waals surface area contributed by atoms with E-state index in [1.807, 2.05) is 12.1 Å². The molecule has 26 heavy (non-hydrogen) atoms. The van der Waals surface area contributed by atoms with Crippen LogP contribution in [0.15, 0.2) is 48.5 Å². The first-order chi connectivity index (χ1) is 12.6. The summed E-state index contributed by atoms with van der Waals surface area (Å²) in [6, 6.07) is 16.9. The number of hydrogen-bond acceptors (Lipinski definition) is 4. The van der Waals surface area contributed by atoms with Crippen LogP contribution < -0.4 is 10.6 Å². The Morgan fingerprint density at radius 1 is 1.08 bits per heavy atom. The Bertz CT molecular complexity index is 765. The van der Waals surface area contributed by atoms with Gasteiger partial charge in [-0.25, -0.2) is 0 Å². The van der Waals surface area contributed by atoms with Gasteiger partial charge in [-0.2, -0.15) is 0 Å². The number of hydrogen-bond donors (Lipinski definition) is 2. The van der Waals surface area contributed by atoms with Gasteiger partial charge in [0.25, 0.3) is 0 Å². The zero-order valence-electron chi connectivity index (χ0n) is 14.9. The average molecular weight is 351 g/mol. The first-order valence-corrected chi connectivity index (χ1v) is 8.98. The highest BCUT2D eigenvalue weighted by molar-refractivity contribution is 5.98. The van der Waals surface area contributed by atoms with Crippen molar-refractivity contribution in [1.29, 1.82) is 5.41 Å². The van der Waals surface area contributed by atoms with Gasteiger partial charge in [0, 0.05) is 25.2 Å². The van der Waals surface area contributed by atoms with Crippen LogP contribution in [0, 0.1) is 5.41 Å². The van der Waals surface area contributed by atoms with E-state index in [0.717, 1.165) is 37.4 Å². The summed E-state index contributed by atoms with van der Waals surface area (Å²) in [6.45, 7) is 3.44. The molecule has 0 aromatic heterocycles. The summed E-state index contributed by atoms with van der Waals surface area (Å²) < 4.78 is 5.40. The maximum atomic E-state index is 11.7. The molecule has 5 heteroatoms. The molecule has 0 radical (unpaired) electrons. The fourth-order valence-corrected chi connectivity index (χ4v) is 3.18. The number of carbonyl (C=O) groups is 1. The fourth-order valence-electron chi connectivity index (χ4n) is 3.18. The van der Waals surface area contributed by atoms with Crippen LogP contribution in [0.4, 0.5) is 5.69 Å². The van der Waals surface area contributed by atoms with Crippen LogP contribution in [0.2, 0.25) is 0 Å². The van der Waals surface area contributed by atoms with Crippen LogP contribution in [-0.4, -0.2) is 37.9 Å². The lowest BCUT2D eigenvalue weighted by Gasteiger charge is -2.28. The molecule has 2 aromatic carbocycles. The van der Waals surface area contributed by atoms with Gasteiger partial charge in [-0.05, 0) is 35.2 Å². The summed E-state index contributed by atoms with van der Waals surface area (Å²) in [5, 5.41) is 7.19. The van der Waals surface area contributed by atoms with Crippen molar-refractivity contribution < 1.29 is 9.53 Å². The summed E-state index contributed by atoms with van der Waals surface area (Å²) in [6.07, 6.45) is 1.13. The third-order valence-electron chi connectivity index (χ3n) is 4.58. The summed E-state index contributed by atoms with van der Waals surface area (Å²) >= 11 is 0. The first kappa shape index (κ1) is 18.1. The van der Waals surface area contributed by atoms with Gasteiger partial charge in [-0.1, -0.05) is 36.4 Å². The molecule has 1 saturated heterocycles. The van der Waals surface area contributed by atoms with E-state index in [-0.39, 0.29) is 18.0 Å². The van der Waals surface area contributed by atoms with Gasteiger partial charge < -0.3 is 15.4 Å². The van der Waals surface area contributed by atoms with E-state index in [1.165, 1.54) is 11.3 Å². The van der Waals surface area contributed by atoms with Crippen molar-refractivity contribution in [3.63, 3.8) is 0 Å². The molecule has 2 aromatic rings. The maximum absolute atomic E-state index is 11.7. The van der Waals surface area contributed by atoms with Gasteiger partial charge >= 0.3 is 0 Å².